The average molecular weight is 288 g/mol. The maximum atomic E-state index is 12.5. The van der Waals surface area contributed by atoms with E-state index in [1.54, 1.807) is 24.3 Å². The maximum absolute atomic E-state index is 12.5. The normalized spacial score (nSPS) is 13.4. The summed E-state index contributed by atoms with van der Waals surface area (Å²) in [5.74, 6) is 0.755. The highest BCUT2D eigenvalue weighted by Gasteiger charge is 2.17. The number of para-hydroxylation sites is 1. The van der Waals surface area contributed by atoms with E-state index in [9.17, 15) is 4.79 Å². The number of rotatable bonds is 2. The summed E-state index contributed by atoms with van der Waals surface area (Å²) >= 11 is 5.96. The third-order valence-electron chi connectivity index (χ3n) is 3.47. The van der Waals surface area contributed by atoms with Gasteiger partial charge in [0.05, 0.1) is 17.3 Å². The SMILES string of the molecule is Nc1c(Cl)cccc1C(=O)c1ccc2c(c1)CCCO2. The van der Waals surface area contributed by atoms with Gasteiger partial charge in [0, 0.05) is 11.1 Å². The standard InChI is InChI=1S/C16H14ClNO2/c17-13-5-1-4-12(15(13)18)16(19)11-6-7-14-10(9-11)3-2-8-20-14/h1,4-7,9H,2-3,8,18H2. The topological polar surface area (TPSA) is 52.3 Å². The van der Waals surface area contributed by atoms with Crippen molar-refractivity contribution in [3.05, 3.63) is 58.1 Å². The van der Waals surface area contributed by atoms with Crippen molar-refractivity contribution in [3.63, 3.8) is 0 Å². The van der Waals surface area contributed by atoms with Gasteiger partial charge in [-0.1, -0.05) is 17.7 Å². The first-order valence-corrected chi connectivity index (χ1v) is 6.89. The average Bonchev–Trinajstić information content (AvgIpc) is 2.49. The van der Waals surface area contributed by atoms with Crippen LogP contribution in [-0.2, 0) is 6.42 Å². The molecule has 1 heterocycles. The Kier molecular flexibility index (Phi) is 3.36. The van der Waals surface area contributed by atoms with Crippen molar-refractivity contribution < 1.29 is 9.53 Å². The van der Waals surface area contributed by atoms with E-state index in [2.05, 4.69) is 0 Å². The number of nitrogen functional groups attached to an aromatic ring is 1. The molecule has 0 unspecified atom stereocenters. The first kappa shape index (κ1) is 13.0. The summed E-state index contributed by atoms with van der Waals surface area (Å²) in [7, 11) is 0. The Labute approximate surface area is 122 Å². The second kappa shape index (κ2) is 5.17. The lowest BCUT2D eigenvalue weighted by molar-refractivity contribution is 0.103. The third-order valence-corrected chi connectivity index (χ3v) is 3.80. The molecule has 20 heavy (non-hydrogen) atoms. The zero-order chi connectivity index (χ0) is 14.1. The van der Waals surface area contributed by atoms with E-state index in [0.717, 1.165) is 30.8 Å². The molecule has 0 atom stereocenters. The van der Waals surface area contributed by atoms with E-state index in [4.69, 9.17) is 22.1 Å². The van der Waals surface area contributed by atoms with Gasteiger partial charge in [0.15, 0.2) is 5.78 Å². The number of fused-ring (bicyclic) bond motifs is 1. The van der Waals surface area contributed by atoms with Gasteiger partial charge in [0.1, 0.15) is 5.75 Å². The highest BCUT2D eigenvalue weighted by atomic mass is 35.5. The highest BCUT2D eigenvalue weighted by molar-refractivity contribution is 6.34. The summed E-state index contributed by atoms with van der Waals surface area (Å²) < 4.78 is 5.55. The number of hydrogen-bond acceptors (Lipinski definition) is 3. The lowest BCUT2D eigenvalue weighted by Gasteiger charge is -2.17. The largest absolute Gasteiger partial charge is 0.493 e. The number of ketones is 1. The van der Waals surface area contributed by atoms with Gasteiger partial charge < -0.3 is 10.5 Å². The Morgan fingerprint density at radius 2 is 2.10 bits per heavy atom. The van der Waals surface area contributed by atoms with E-state index < -0.39 is 0 Å². The van der Waals surface area contributed by atoms with E-state index in [0.29, 0.717) is 21.8 Å². The van der Waals surface area contributed by atoms with Gasteiger partial charge >= 0.3 is 0 Å². The number of aryl methyl sites for hydroxylation is 1. The molecule has 102 valence electrons. The second-order valence-corrected chi connectivity index (χ2v) is 5.21. The van der Waals surface area contributed by atoms with Crippen molar-refractivity contribution in [1.29, 1.82) is 0 Å². The lowest BCUT2D eigenvalue weighted by atomic mass is 9.97. The molecule has 0 saturated carbocycles. The molecule has 0 aliphatic carbocycles. The molecule has 0 saturated heterocycles. The predicted molar refractivity (Wildman–Crippen MR) is 79.6 cm³/mol. The lowest BCUT2D eigenvalue weighted by Crippen LogP contribution is -2.11. The number of carbonyl (C=O) groups excluding carboxylic acids is 1. The van der Waals surface area contributed by atoms with Crippen molar-refractivity contribution in [2.45, 2.75) is 12.8 Å². The molecule has 2 aromatic carbocycles. The Morgan fingerprint density at radius 1 is 1.25 bits per heavy atom. The molecule has 0 spiro atoms. The summed E-state index contributed by atoms with van der Waals surface area (Å²) in [5.41, 5.74) is 8.33. The minimum Gasteiger partial charge on any atom is -0.493 e. The van der Waals surface area contributed by atoms with Crippen LogP contribution in [-0.4, -0.2) is 12.4 Å². The molecule has 0 fully saturated rings. The Bertz CT molecular complexity index is 682. The van der Waals surface area contributed by atoms with Crippen molar-refractivity contribution in [2.24, 2.45) is 0 Å². The molecule has 3 rings (SSSR count). The summed E-state index contributed by atoms with van der Waals surface area (Å²) in [5, 5.41) is 0.400. The molecule has 0 radical (unpaired) electrons. The predicted octanol–water partition coefficient (Wildman–Crippen LogP) is 3.48. The molecular weight excluding hydrogens is 274 g/mol. The second-order valence-electron chi connectivity index (χ2n) is 4.80. The molecule has 1 aliphatic rings. The fraction of sp³-hybridized carbons (Fsp3) is 0.188. The van der Waals surface area contributed by atoms with Crippen molar-refractivity contribution in [2.75, 3.05) is 12.3 Å². The van der Waals surface area contributed by atoms with Gasteiger partial charge in [0.2, 0.25) is 0 Å². The van der Waals surface area contributed by atoms with E-state index in [1.807, 2.05) is 12.1 Å². The van der Waals surface area contributed by atoms with E-state index in [1.165, 1.54) is 0 Å². The van der Waals surface area contributed by atoms with Crippen molar-refractivity contribution >= 4 is 23.1 Å². The zero-order valence-electron chi connectivity index (χ0n) is 10.9. The fourth-order valence-electron chi connectivity index (χ4n) is 2.39. The van der Waals surface area contributed by atoms with Crippen LogP contribution in [0.25, 0.3) is 0 Å². The van der Waals surface area contributed by atoms with Gasteiger partial charge in [-0.3, -0.25) is 4.79 Å². The minimum absolute atomic E-state index is 0.113. The number of hydrogen-bond donors (Lipinski definition) is 1. The van der Waals surface area contributed by atoms with Gasteiger partial charge in [0.25, 0.3) is 0 Å². The van der Waals surface area contributed by atoms with Crippen molar-refractivity contribution in [3.8, 4) is 5.75 Å². The van der Waals surface area contributed by atoms with Gasteiger partial charge in [-0.15, -0.1) is 0 Å². The number of ether oxygens (including phenoxy) is 1. The molecule has 3 nitrogen and oxygen atoms in total. The number of nitrogens with two attached hydrogens (primary N) is 1. The van der Waals surface area contributed by atoms with E-state index >= 15 is 0 Å². The first-order valence-electron chi connectivity index (χ1n) is 6.51. The molecule has 0 bridgehead atoms. The summed E-state index contributed by atoms with van der Waals surface area (Å²) in [4.78, 5) is 12.5. The Hall–Kier alpha value is -2.00. The minimum atomic E-state index is -0.113. The number of anilines is 1. The quantitative estimate of drug-likeness (QED) is 0.679. The molecule has 4 heteroatoms. The van der Waals surface area contributed by atoms with Crippen LogP contribution < -0.4 is 10.5 Å². The molecule has 2 aromatic rings. The highest BCUT2D eigenvalue weighted by Crippen LogP contribution is 2.29. The van der Waals surface area contributed by atoms with Crippen LogP contribution in [0.5, 0.6) is 5.75 Å². The number of carbonyl (C=O) groups is 1. The van der Waals surface area contributed by atoms with Crippen LogP contribution in [0.15, 0.2) is 36.4 Å². The van der Waals surface area contributed by atoms with Gasteiger partial charge in [-0.2, -0.15) is 0 Å². The summed E-state index contributed by atoms with van der Waals surface area (Å²) in [6.45, 7) is 0.738. The summed E-state index contributed by atoms with van der Waals surface area (Å²) in [6, 6.07) is 10.6. The molecule has 2 N–H and O–H groups in total. The van der Waals surface area contributed by atoms with Crippen LogP contribution >= 0.6 is 11.6 Å². The first-order chi connectivity index (χ1) is 9.66. The van der Waals surface area contributed by atoms with E-state index in [-0.39, 0.29) is 5.78 Å². The molecule has 1 aliphatic heterocycles. The van der Waals surface area contributed by atoms with Crippen LogP contribution in [0.4, 0.5) is 5.69 Å². The third kappa shape index (κ3) is 2.25. The van der Waals surface area contributed by atoms with Crippen LogP contribution in [0.1, 0.15) is 27.9 Å². The number of benzene rings is 2. The van der Waals surface area contributed by atoms with Crippen LogP contribution in [0.2, 0.25) is 5.02 Å². The Morgan fingerprint density at radius 3 is 2.95 bits per heavy atom. The molecule has 0 aromatic heterocycles. The summed E-state index contributed by atoms with van der Waals surface area (Å²) in [6.07, 6.45) is 1.91. The van der Waals surface area contributed by atoms with Gasteiger partial charge in [-0.05, 0) is 48.7 Å². The fourth-order valence-corrected chi connectivity index (χ4v) is 2.57. The number of halogens is 1. The molecule has 0 amide bonds. The smallest absolute Gasteiger partial charge is 0.195 e. The Balaban J connectivity index is 2.00. The van der Waals surface area contributed by atoms with Crippen LogP contribution in [0, 0.1) is 0 Å². The van der Waals surface area contributed by atoms with Crippen LogP contribution in [0.3, 0.4) is 0 Å². The monoisotopic (exact) mass is 287 g/mol. The van der Waals surface area contributed by atoms with Gasteiger partial charge in [-0.25, -0.2) is 0 Å². The zero-order valence-corrected chi connectivity index (χ0v) is 11.6. The maximum Gasteiger partial charge on any atom is 0.195 e. The molecular formula is C16H14ClNO2. The van der Waals surface area contributed by atoms with Crippen molar-refractivity contribution in [1.82, 2.24) is 0 Å².